The van der Waals surface area contributed by atoms with Gasteiger partial charge >= 0.3 is 5.97 Å². The number of ether oxygens (including phenoxy) is 2. The number of anilines is 2. The molecule has 0 aliphatic carbocycles. The third-order valence-electron chi connectivity index (χ3n) is 3.22. The van der Waals surface area contributed by atoms with Crippen molar-refractivity contribution in [3.05, 3.63) is 17.8 Å². The van der Waals surface area contributed by atoms with Crippen LogP contribution in [0.3, 0.4) is 0 Å². The SMILES string of the molecule is CCOC(=O)c1ccnc(N2CCCOC(C)C2)c1N. The minimum absolute atomic E-state index is 0.116. The average molecular weight is 279 g/mol. The summed E-state index contributed by atoms with van der Waals surface area (Å²) < 4.78 is 10.6. The molecule has 0 spiro atoms. The van der Waals surface area contributed by atoms with E-state index in [0.717, 1.165) is 19.6 Å². The van der Waals surface area contributed by atoms with Gasteiger partial charge in [-0.1, -0.05) is 0 Å². The van der Waals surface area contributed by atoms with Crippen LogP contribution < -0.4 is 10.6 Å². The van der Waals surface area contributed by atoms with Crippen LogP contribution in [0.4, 0.5) is 11.5 Å². The van der Waals surface area contributed by atoms with Crippen molar-refractivity contribution in [1.82, 2.24) is 4.98 Å². The fraction of sp³-hybridized carbons (Fsp3) is 0.571. The van der Waals surface area contributed by atoms with Crippen LogP contribution in [0, 0.1) is 0 Å². The predicted molar refractivity (Wildman–Crippen MR) is 76.8 cm³/mol. The minimum Gasteiger partial charge on any atom is -0.462 e. The number of hydrogen-bond acceptors (Lipinski definition) is 6. The number of rotatable bonds is 3. The van der Waals surface area contributed by atoms with E-state index in [4.69, 9.17) is 15.2 Å². The van der Waals surface area contributed by atoms with Gasteiger partial charge in [0, 0.05) is 25.9 Å². The summed E-state index contributed by atoms with van der Waals surface area (Å²) in [5.41, 5.74) is 6.84. The molecule has 0 bridgehead atoms. The first-order valence-corrected chi connectivity index (χ1v) is 6.91. The van der Waals surface area contributed by atoms with Gasteiger partial charge in [0.2, 0.25) is 0 Å². The second-order valence-corrected chi connectivity index (χ2v) is 4.80. The monoisotopic (exact) mass is 279 g/mol. The molecule has 20 heavy (non-hydrogen) atoms. The topological polar surface area (TPSA) is 77.7 Å². The Morgan fingerprint density at radius 3 is 3.20 bits per heavy atom. The Bertz CT molecular complexity index is 479. The summed E-state index contributed by atoms with van der Waals surface area (Å²) >= 11 is 0. The molecule has 1 aromatic heterocycles. The molecular formula is C14H21N3O3. The van der Waals surface area contributed by atoms with Gasteiger partial charge in [-0.2, -0.15) is 0 Å². The highest BCUT2D eigenvalue weighted by Crippen LogP contribution is 2.26. The van der Waals surface area contributed by atoms with E-state index in [1.165, 1.54) is 0 Å². The smallest absolute Gasteiger partial charge is 0.340 e. The molecule has 0 aromatic carbocycles. The highest BCUT2D eigenvalue weighted by molar-refractivity contribution is 5.97. The van der Waals surface area contributed by atoms with E-state index in [1.807, 2.05) is 6.92 Å². The lowest BCUT2D eigenvalue weighted by Gasteiger charge is -2.25. The van der Waals surface area contributed by atoms with Gasteiger partial charge in [-0.15, -0.1) is 0 Å². The average Bonchev–Trinajstić information content (AvgIpc) is 2.64. The van der Waals surface area contributed by atoms with Crippen LogP contribution in [0.15, 0.2) is 12.3 Å². The van der Waals surface area contributed by atoms with Gasteiger partial charge in [0.05, 0.1) is 24.0 Å². The number of nitrogens with zero attached hydrogens (tertiary/aromatic N) is 2. The number of nitrogen functional groups attached to an aromatic ring is 1. The van der Waals surface area contributed by atoms with Gasteiger partial charge in [-0.3, -0.25) is 0 Å². The van der Waals surface area contributed by atoms with E-state index in [2.05, 4.69) is 9.88 Å². The summed E-state index contributed by atoms with van der Waals surface area (Å²) in [5.74, 6) is 0.223. The normalized spacial score (nSPS) is 19.5. The summed E-state index contributed by atoms with van der Waals surface area (Å²) in [5, 5.41) is 0. The van der Waals surface area contributed by atoms with Crippen LogP contribution in [0.25, 0.3) is 0 Å². The number of carbonyl (C=O) groups excluding carboxylic acids is 1. The molecule has 6 heteroatoms. The Hall–Kier alpha value is -1.82. The Morgan fingerprint density at radius 1 is 1.65 bits per heavy atom. The van der Waals surface area contributed by atoms with Crippen molar-refractivity contribution in [3.8, 4) is 0 Å². The number of esters is 1. The predicted octanol–water partition coefficient (Wildman–Crippen LogP) is 1.46. The summed E-state index contributed by atoms with van der Waals surface area (Å²) in [4.78, 5) is 18.2. The van der Waals surface area contributed by atoms with Gasteiger partial charge in [0.1, 0.15) is 0 Å². The number of aromatic nitrogens is 1. The number of carbonyl (C=O) groups is 1. The van der Waals surface area contributed by atoms with Crippen LogP contribution in [-0.4, -0.2) is 43.4 Å². The Balaban J connectivity index is 2.27. The molecule has 0 saturated carbocycles. The molecule has 1 unspecified atom stereocenters. The number of pyridine rings is 1. The molecule has 1 aliphatic heterocycles. The molecule has 1 atom stereocenters. The van der Waals surface area contributed by atoms with Crippen LogP contribution in [0.2, 0.25) is 0 Å². The lowest BCUT2D eigenvalue weighted by molar-refractivity contribution is 0.0527. The maximum atomic E-state index is 11.9. The lowest BCUT2D eigenvalue weighted by atomic mass is 10.2. The molecule has 6 nitrogen and oxygen atoms in total. The molecular weight excluding hydrogens is 258 g/mol. The molecule has 1 fully saturated rings. The van der Waals surface area contributed by atoms with Crippen LogP contribution in [0.1, 0.15) is 30.6 Å². The molecule has 0 amide bonds. The van der Waals surface area contributed by atoms with Crippen LogP contribution in [0.5, 0.6) is 0 Å². The molecule has 1 aliphatic rings. The van der Waals surface area contributed by atoms with Crippen molar-refractivity contribution in [2.75, 3.05) is 36.9 Å². The van der Waals surface area contributed by atoms with Crippen molar-refractivity contribution in [2.24, 2.45) is 0 Å². The standard InChI is InChI=1S/C14H21N3O3/c1-3-19-14(18)11-5-6-16-13(12(11)15)17-7-4-8-20-10(2)9-17/h5-6,10H,3-4,7-9,15H2,1-2H3. The Labute approximate surface area is 118 Å². The fourth-order valence-corrected chi connectivity index (χ4v) is 2.29. The highest BCUT2D eigenvalue weighted by atomic mass is 16.5. The molecule has 1 saturated heterocycles. The molecule has 2 heterocycles. The summed E-state index contributed by atoms with van der Waals surface area (Å²) in [6, 6.07) is 1.59. The largest absolute Gasteiger partial charge is 0.462 e. The van der Waals surface area contributed by atoms with Gasteiger partial charge in [0.25, 0.3) is 0 Å². The first kappa shape index (κ1) is 14.6. The minimum atomic E-state index is -0.409. The first-order valence-electron chi connectivity index (χ1n) is 6.91. The maximum Gasteiger partial charge on any atom is 0.340 e. The zero-order valence-electron chi connectivity index (χ0n) is 12.0. The second-order valence-electron chi connectivity index (χ2n) is 4.80. The van der Waals surface area contributed by atoms with Crippen molar-refractivity contribution < 1.29 is 14.3 Å². The van der Waals surface area contributed by atoms with Gasteiger partial charge < -0.3 is 20.1 Å². The highest BCUT2D eigenvalue weighted by Gasteiger charge is 2.21. The zero-order valence-corrected chi connectivity index (χ0v) is 12.0. The van der Waals surface area contributed by atoms with E-state index in [0.29, 0.717) is 30.2 Å². The van der Waals surface area contributed by atoms with Gasteiger partial charge in [-0.25, -0.2) is 9.78 Å². The molecule has 2 N–H and O–H groups in total. The molecule has 0 radical (unpaired) electrons. The zero-order chi connectivity index (χ0) is 14.5. The number of hydrogen-bond donors (Lipinski definition) is 1. The van der Waals surface area contributed by atoms with E-state index in [-0.39, 0.29) is 6.10 Å². The van der Waals surface area contributed by atoms with Crippen molar-refractivity contribution >= 4 is 17.5 Å². The molecule has 110 valence electrons. The quantitative estimate of drug-likeness (QED) is 0.844. The first-order chi connectivity index (χ1) is 9.63. The van der Waals surface area contributed by atoms with E-state index < -0.39 is 5.97 Å². The van der Waals surface area contributed by atoms with E-state index in [1.54, 1.807) is 19.2 Å². The van der Waals surface area contributed by atoms with Crippen molar-refractivity contribution in [2.45, 2.75) is 26.4 Å². The van der Waals surface area contributed by atoms with Gasteiger partial charge in [-0.05, 0) is 26.3 Å². The molecule has 1 aromatic rings. The van der Waals surface area contributed by atoms with E-state index in [9.17, 15) is 4.79 Å². The number of nitrogens with two attached hydrogens (primary N) is 1. The fourth-order valence-electron chi connectivity index (χ4n) is 2.29. The summed E-state index contributed by atoms with van der Waals surface area (Å²) in [6.07, 6.45) is 2.62. The van der Waals surface area contributed by atoms with Crippen molar-refractivity contribution in [3.63, 3.8) is 0 Å². The molecule has 2 rings (SSSR count). The van der Waals surface area contributed by atoms with E-state index >= 15 is 0 Å². The van der Waals surface area contributed by atoms with Crippen LogP contribution >= 0.6 is 0 Å². The van der Waals surface area contributed by atoms with Crippen LogP contribution in [-0.2, 0) is 9.47 Å². The third-order valence-corrected chi connectivity index (χ3v) is 3.22. The Morgan fingerprint density at radius 2 is 2.45 bits per heavy atom. The lowest BCUT2D eigenvalue weighted by Crippen LogP contribution is -2.31. The maximum absolute atomic E-state index is 11.9. The van der Waals surface area contributed by atoms with Crippen molar-refractivity contribution in [1.29, 1.82) is 0 Å². The summed E-state index contributed by atoms with van der Waals surface area (Å²) in [7, 11) is 0. The Kier molecular flexibility index (Phi) is 4.79. The second kappa shape index (κ2) is 6.56. The third kappa shape index (κ3) is 3.19. The summed E-state index contributed by atoms with van der Waals surface area (Å²) in [6.45, 7) is 6.37. The van der Waals surface area contributed by atoms with Gasteiger partial charge in [0.15, 0.2) is 5.82 Å².